The van der Waals surface area contributed by atoms with Gasteiger partial charge in [0.25, 0.3) is 0 Å². The Bertz CT molecular complexity index is 887. The highest BCUT2D eigenvalue weighted by Gasteiger charge is 2.34. The van der Waals surface area contributed by atoms with Crippen LogP contribution in [0.25, 0.3) is 0 Å². The van der Waals surface area contributed by atoms with E-state index in [4.69, 9.17) is 0 Å². The predicted octanol–water partition coefficient (Wildman–Crippen LogP) is 3.14. The van der Waals surface area contributed by atoms with E-state index in [1.54, 1.807) is 0 Å². The number of rotatable bonds is 4. The van der Waals surface area contributed by atoms with Crippen LogP contribution in [0.15, 0.2) is 29.4 Å². The predicted molar refractivity (Wildman–Crippen MR) is 69.5 cm³/mol. The van der Waals surface area contributed by atoms with Crippen molar-refractivity contribution in [2.24, 2.45) is 0 Å². The zero-order chi connectivity index (χ0) is 19.0. The number of sulfonamides is 1. The molecular weight excluding hydrogens is 381 g/mol. The second-order valence-corrected chi connectivity index (χ2v) is 6.36. The molecule has 0 saturated carbocycles. The fourth-order valence-electron chi connectivity index (χ4n) is 1.88. The Morgan fingerprint density at radius 2 is 1.60 bits per heavy atom. The first-order chi connectivity index (χ1) is 11.4. The van der Waals surface area contributed by atoms with Gasteiger partial charge in [-0.05, 0) is 11.6 Å². The Morgan fingerprint density at radius 1 is 1.04 bits per heavy atom. The van der Waals surface area contributed by atoms with Gasteiger partial charge in [0.1, 0.15) is 0 Å². The summed E-state index contributed by atoms with van der Waals surface area (Å²) >= 11 is 0. The Labute approximate surface area is 136 Å². The average molecular weight is 388 g/mol. The van der Waals surface area contributed by atoms with Crippen LogP contribution in [0, 0.1) is 23.3 Å². The number of aromatic nitrogens is 1. The minimum Gasteiger partial charge on any atom is -0.264 e. The van der Waals surface area contributed by atoms with Gasteiger partial charge in [-0.25, -0.2) is 30.7 Å². The molecular formula is C13H7F7N2O2S. The molecule has 0 atom stereocenters. The zero-order valence-corrected chi connectivity index (χ0v) is 12.7. The van der Waals surface area contributed by atoms with Crippen molar-refractivity contribution in [1.82, 2.24) is 9.71 Å². The fourth-order valence-corrected chi connectivity index (χ4v) is 3.03. The Kier molecular flexibility index (Phi) is 5.04. The quantitative estimate of drug-likeness (QED) is 0.647. The number of alkyl halides is 3. The molecule has 0 unspecified atom stereocenters. The largest absolute Gasteiger partial charge is 0.416 e. The molecule has 0 aliphatic heterocycles. The molecule has 1 aromatic carbocycles. The number of hydrogen-bond acceptors (Lipinski definition) is 3. The molecule has 0 saturated heterocycles. The van der Waals surface area contributed by atoms with E-state index in [1.165, 1.54) is 4.72 Å². The van der Waals surface area contributed by atoms with Crippen LogP contribution in [0.5, 0.6) is 0 Å². The lowest BCUT2D eigenvalue weighted by molar-refractivity contribution is -0.138. The molecule has 1 N–H and O–H groups in total. The summed E-state index contributed by atoms with van der Waals surface area (Å²) in [5.74, 6) is -8.35. The lowest BCUT2D eigenvalue weighted by Gasteiger charge is -2.13. The summed E-state index contributed by atoms with van der Waals surface area (Å²) in [7, 11) is -5.20. The first-order valence-electron chi connectivity index (χ1n) is 6.28. The Balaban J connectivity index is 2.40. The third kappa shape index (κ3) is 3.90. The van der Waals surface area contributed by atoms with E-state index in [0.717, 1.165) is 6.20 Å². The lowest BCUT2D eigenvalue weighted by Crippen LogP contribution is -2.27. The molecule has 0 spiro atoms. The molecule has 12 heteroatoms. The minimum atomic E-state index is -5.20. The summed E-state index contributed by atoms with van der Waals surface area (Å²) in [5, 5.41) is 0. The lowest BCUT2D eigenvalue weighted by atomic mass is 10.1. The summed E-state index contributed by atoms with van der Waals surface area (Å²) in [6.45, 7) is -1.07. The van der Waals surface area contributed by atoms with Gasteiger partial charge >= 0.3 is 6.18 Å². The third-order valence-corrected chi connectivity index (χ3v) is 4.42. The van der Waals surface area contributed by atoms with Gasteiger partial charge in [0.15, 0.2) is 28.2 Å². The molecule has 25 heavy (non-hydrogen) atoms. The standard InChI is InChI=1S/C13H7F7N2O2S/c14-8-3-9(15)11(17)12(10(8)16)25(23,24)22-5-6-4-21-2-1-7(6)13(18,19)20/h1-4,22H,5H2. The number of hydrogen-bond donors (Lipinski definition) is 1. The smallest absolute Gasteiger partial charge is 0.264 e. The van der Waals surface area contributed by atoms with Crippen molar-refractivity contribution in [3.05, 3.63) is 58.9 Å². The van der Waals surface area contributed by atoms with Crippen LogP contribution >= 0.6 is 0 Å². The molecule has 2 aromatic rings. The average Bonchev–Trinajstić information content (AvgIpc) is 2.50. The molecule has 0 radical (unpaired) electrons. The maximum Gasteiger partial charge on any atom is 0.416 e. The van der Waals surface area contributed by atoms with Gasteiger partial charge in [0.2, 0.25) is 10.0 Å². The highest BCUT2D eigenvalue weighted by Crippen LogP contribution is 2.31. The van der Waals surface area contributed by atoms with Crippen LogP contribution in [-0.4, -0.2) is 13.4 Å². The highest BCUT2D eigenvalue weighted by atomic mass is 32.2. The van der Waals surface area contributed by atoms with Gasteiger partial charge in [-0.15, -0.1) is 0 Å². The van der Waals surface area contributed by atoms with Crippen LogP contribution in [0.3, 0.4) is 0 Å². The Morgan fingerprint density at radius 3 is 2.12 bits per heavy atom. The van der Waals surface area contributed by atoms with Crippen molar-refractivity contribution >= 4 is 10.0 Å². The van der Waals surface area contributed by atoms with Crippen LogP contribution < -0.4 is 4.72 Å². The summed E-state index contributed by atoms with van der Waals surface area (Å²) in [4.78, 5) is 1.42. The van der Waals surface area contributed by atoms with E-state index in [-0.39, 0.29) is 6.07 Å². The first kappa shape index (κ1) is 19.1. The monoisotopic (exact) mass is 388 g/mol. The first-order valence-corrected chi connectivity index (χ1v) is 7.76. The summed E-state index contributed by atoms with van der Waals surface area (Å²) in [6, 6.07) is 0.360. The van der Waals surface area contributed by atoms with Crippen molar-refractivity contribution < 1.29 is 39.2 Å². The van der Waals surface area contributed by atoms with E-state index >= 15 is 0 Å². The molecule has 1 aromatic heterocycles. The molecule has 136 valence electrons. The number of nitrogens with one attached hydrogen (secondary N) is 1. The van der Waals surface area contributed by atoms with Crippen LogP contribution in [0.4, 0.5) is 30.7 Å². The van der Waals surface area contributed by atoms with E-state index in [2.05, 4.69) is 4.98 Å². The number of pyridine rings is 1. The number of benzene rings is 1. The van der Waals surface area contributed by atoms with E-state index in [9.17, 15) is 39.2 Å². The van der Waals surface area contributed by atoms with Gasteiger partial charge in [-0.2, -0.15) is 13.2 Å². The van der Waals surface area contributed by atoms with E-state index in [1.807, 2.05) is 0 Å². The molecule has 0 amide bonds. The highest BCUT2D eigenvalue weighted by molar-refractivity contribution is 7.89. The van der Waals surface area contributed by atoms with Crippen LogP contribution in [0.1, 0.15) is 11.1 Å². The molecule has 0 aliphatic rings. The third-order valence-electron chi connectivity index (χ3n) is 3.00. The van der Waals surface area contributed by atoms with Gasteiger partial charge in [-0.3, -0.25) is 4.98 Å². The molecule has 0 aliphatic carbocycles. The second-order valence-electron chi connectivity index (χ2n) is 4.65. The minimum absolute atomic E-state index is 0.202. The van der Waals surface area contributed by atoms with Crippen molar-refractivity contribution in [3.63, 3.8) is 0 Å². The fraction of sp³-hybridized carbons (Fsp3) is 0.154. The normalized spacial score (nSPS) is 12.4. The van der Waals surface area contributed by atoms with Gasteiger partial charge in [0, 0.05) is 25.0 Å². The van der Waals surface area contributed by atoms with Crippen molar-refractivity contribution in [3.8, 4) is 0 Å². The van der Waals surface area contributed by atoms with Crippen molar-refractivity contribution in [2.45, 2.75) is 17.6 Å². The second kappa shape index (κ2) is 6.59. The van der Waals surface area contributed by atoms with E-state index in [0.29, 0.717) is 12.3 Å². The molecule has 1 heterocycles. The number of halogens is 7. The maximum absolute atomic E-state index is 13.5. The zero-order valence-electron chi connectivity index (χ0n) is 11.8. The molecule has 4 nitrogen and oxygen atoms in total. The van der Waals surface area contributed by atoms with Gasteiger partial charge in [-0.1, -0.05) is 0 Å². The van der Waals surface area contributed by atoms with Crippen molar-refractivity contribution in [1.29, 1.82) is 0 Å². The summed E-state index contributed by atoms with van der Waals surface area (Å²) < 4.78 is 117. The number of nitrogens with zero attached hydrogens (tertiary/aromatic N) is 1. The van der Waals surface area contributed by atoms with Gasteiger partial charge in [0.05, 0.1) is 5.56 Å². The van der Waals surface area contributed by atoms with Gasteiger partial charge < -0.3 is 0 Å². The summed E-state index contributed by atoms with van der Waals surface area (Å²) in [6.07, 6.45) is -3.35. The van der Waals surface area contributed by atoms with Crippen LogP contribution in [-0.2, 0) is 22.7 Å². The van der Waals surface area contributed by atoms with Crippen LogP contribution in [0.2, 0.25) is 0 Å². The summed E-state index contributed by atoms with van der Waals surface area (Å²) in [5.41, 5.74) is -1.90. The Hall–Kier alpha value is -2.21. The SMILES string of the molecule is O=S(=O)(NCc1cnccc1C(F)(F)F)c1c(F)c(F)cc(F)c1F. The molecule has 0 bridgehead atoms. The molecule has 0 fully saturated rings. The van der Waals surface area contributed by atoms with E-state index < -0.39 is 62.0 Å². The maximum atomic E-state index is 13.5. The molecule has 2 rings (SSSR count). The topological polar surface area (TPSA) is 59.1 Å². The van der Waals surface area contributed by atoms with Crippen molar-refractivity contribution in [2.75, 3.05) is 0 Å².